The van der Waals surface area contributed by atoms with Gasteiger partial charge in [0.15, 0.2) is 5.78 Å². The lowest BCUT2D eigenvalue weighted by Crippen LogP contribution is -2.42. The van der Waals surface area contributed by atoms with Crippen LogP contribution in [0.4, 0.5) is 0 Å². The summed E-state index contributed by atoms with van der Waals surface area (Å²) in [4.78, 5) is 30.1. The number of carbonyl (C=O) groups excluding carboxylic acids is 2. The van der Waals surface area contributed by atoms with Gasteiger partial charge in [0, 0.05) is 31.2 Å². The molecule has 0 saturated carbocycles. The summed E-state index contributed by atoms with van der Waals surface area (Å²) in [6, 6.07) is -0.445. The SMILES string of the molecule is CCCC(=O)NC(Cc1cnc[nH]1)C(=O)CC. The number of aromatic nitrogens is 2. The Morgan fingerprint density at radius 2 is 2.24 bits per heavy atom. The third-order valence-corrected chi connectivity index (χ3v) is 2.53. The van der Waals surface area contributed by atoms with E-state index in [4.69, 9.17) is 0 Å². The van der Waals surface area contributed by atoms with Crippen LogP contribution in [0.1, 0.15) is 38.8 Å². The summed E-state index contributed by atoms with van der Waals surface area (Å²) in [6.07, 6.45) is 5.37. The molecule has 1 heterocycles. The molecule has 2 N–H and O–H groups in total. The fraction of sp³-hybridized carbons (Fsp3) is 0.583. The van der Waals surface area contributed by atoms with Crippen molar-refractivity contribution in [2.75, 3.05) is 0 Å². The van der Waals surface area contributed by atoms with E-state index in [0.29, 0.717) is 19.3 Å². The van der Waals surface area contributed by atoms with Gasteiger partial charge in [-0.05, 0) is 6.42 Å². The Balaban J connectivity index is 2.60. The zero-order chi connectivity index (χ0) is 12.7. The molecule has 5 nitrogen and oxygen atoms in total. The van der Waals surface area contributed by atoms with Gasteiger partial charge in [-0.1, -0.05) is 13.8 Å². The van der Waals surface area contributed by atoms with Crippen LogP contribution in [0.2, 0.25) is 0 Å². The number of carbonyl (C=O) groups is 2. The van der Waals surface area contributed by atoms with Crippen LogP contribution in [0, 0.1) is 0 Å². The normalized spacial score (nSPS) is 12.1. The van der Waals surface area contributed by atoms with Crippen molar-refractivity contribution in [2.24, 2.45) is 0 Å². The number of nitrogens with zero attached hydrogens (tertiary/aromatic N) is 1. The summed E-state index contributed by atoms with van der Waals surface area (Å²) < 4.78 is 0. The third-order valence-electron chi connectivity index (χ3n) is 2.53. The molecule has 0 saturated heterocycles. The number of imidazole rings is 1. The van der Waals surface area contributed by atoms with Gasteiger partial charge in [0.2, 0.25) is 5.91 Å². The summed E-state index contributed by atoms with van der Waals surface area (Å²) in [5.74, 6) is -0.0251. The second-order valence-electron chi connectivity index (χ2n) is 3.97. The summed E-state index contributed by atoms with van der Waals surface area (Å²) in [7, 11) is 0. The molecule has 1 amide bonds. The molecular weight excluding hydrogens is 218 g/mol. The lowest BCUT2D eigenvalue weighted by molar-refractivity contribution is -0.127. The second kappa shape index (κ2) is 6.83. The fourth-order valence-corrected chi connectivity index (χ4v) is 1.60. The van der Waals surface area contributed by atoms with Crippen molar-refractivity contribution in [1.29, 1.82) is 0 Å². The molecule has 0 aliphatic rings. The lowest BCUT2D eigenvalue weighted by Gasteiger charge is -2.16. The summed E-state index contributed by atoms with van der Waals surface area (Å²) >= 11 is 0. The van der Waals surface area contributed by atoms with Crippen LogP contribution in [0.3, 0.4) is 0 Å². The minimum absolute atomic E-state index is 0.0454. The van der Waals surface area contributed by atoms with Crippen LogP contribution < -0.4 is 5.32 Å². The minimum Gasteiger partial charge on any atom is -0.348 e. The third kappa shape index (κ3) is 4.38. The van der Waals surface area contributed by atoms with E-state index in [0.717, 1.165) is 12.1 Å². The van der Waals surface area contributed by atoms with Gasteiger partial charge in [0.05, 0.1) is 12.4 Å². The zero-order valence-electron chi connectivity index (χ0n) is 10.3. The number of nitrogens with one attached hydrogen (secondary N) is 2. The van der Waals surface area contributed by atoms with Crippen LogP contribution >= 0.6 is 0 Å². The van der Waals surface area contributed by atoms with Crippen molar-refractivity contribution in [3.63, 3.8) is 0 Å². The minimum atomic E-state index is -0.445. The van der Waals surface area contributed by atoms with Crippen molar-refractivity contribution in [3.05, 3.63) is 18.2 Å². The molecular formula is C12H19N3O2. The van der Waals surface area contributed by atoms with E-state index >= 15 is 0 Å². The van der Waals surface area contributed by atoms with Crippen molar-refractivity contribution < 1.29 is 9.59 Å². The highest BCUT2D eigenvalue weighted by Gasteiger charge is 2.19. The highest BCUT2D eigenvalue weighted by atomic mass is 16.2. The number of ketones is 1. The van der Waals surface area contributed by atoms with Gasteiger partial charge in [-0.2, -0.15) is 0 Å². The molecule has 17 heavy (non-hydrogen) atoms. The first-order valence-electron chi connectivity index (χ1n) is 5.96. The Labute approximate surface area is 101 Å². The Hall–Kier alpha value is -1.65. The maximum Gasteiger partial charge on any atom is 0.220 e. The Morgan fingerprint density at radius 3 is 2.76 bits per heavy atom. The summed E-state index contributed by atoms with van der Waals surface area (Å²) in [5.41, 5.74) is 0.855. The number of hydrogen-bond acceptors (Lipinski definition) is 3. The maximum atomic E-state index is 11.7. The predicted molar refractivity (Wildman–Crippen MR) is 64.4 cm³/mol. The molecule has 0 aliphatic carbocycles. The van der Waals surface area contributed by atoms with E-state index in [-0.39, 0.29) is 11.7 Å². The van der Waals surface area contributed by atoms with Crippen molar-refractivity contribution >= 4 is 11.7 Å². The number of rotatable bonds is 7. The van der Waals surface area contributed by atoms with Crippen LogP contribution in [-0.4, -0.2) is 27.7 Å². The Morgan fingerprint density at radius 1 is 1.47 bits per heavy atom. The van der Waals surface area contributed by atoms with Crippen LogP contribution in [0.15, 0.2) is 12.5 Å². The van der Waals surface area contributed by atoms with Crippen LogP contribution in [-0.2, 0) is 16.0 Å². The first-order valence-corrected chi connectivity index (χ1v) is 5.96. The molecule has 1 aromatic heterocycles. The van der Waals surface area contributed by atoms with Crippen molar-refractivity contribution in [1.82, 2.24) is 15.3 Å². The molecule has 0 spiro atoms. The standard InChI is InChI=1S/C12H19N3O2/c1-3-5-12(17)15-10(11(16)4-2)6-9-7-13-8-14-9/h7-8,10H,3-6H2,1-2H3,(H,13,14)(H,15,17). The number of Topliss-reactive ketones (excluding diaryl/α,β-unsaturated/α-hetero) is 1. The van der Waals surface area contributed by atoms with E-state index in [1.807, 2.05) is 6.92 Å². The molecule has 1 rings (SSSR count). The monoisotopic (exact) mass is 237 g/mol. The maximum absolute atomic E-state index is 11.7. The van der Waals surface area contributed by atoms with Gasteiger partial charge in [0.25, 0.3) is 0 Å². The number of hydrogen-bond donors (Lipinski definition) is 2. The van der Waals surface area contributed by atoms with E-state index in [9.17, 15) is 9.59 Å². The van der Waals surface area contributed by atoms with Crippen molar-refractivity contribution in [2.45, 2.75) is 45.6 Å². The fourth-order valence-electron chi connectivity index (χ4n) is 1.60. The molecule has 0 bridgehead atoms. The predicted octanol–water partition coefficient (Wildman–Crippen LogP) is 1.22. The molecule has 0 radical (unpaired) electrons. The Kier molecular flexibility index (Phi) is 5.39. The van der Waals surface area contributed by atoms with E-state index in [1.54, 1.807) is 19.4 Å². The summed E-state index contributed by atoms with van der Waals surface area (Å²) in [5, 5.41) is 2.77. The molecule has 5 heteroatoms. The van der Waals surface area contributed by atoms with E-state index in [1.165, 1.54) is 0 Å². The zero-order valence-corrected chi connectivity index (χ0v) is 10.3. The average molecular weight is 237 g/mol. The number of aromatic amines is 1. The van der Waals surface area contributed by atoms with Crippen LogP contribution in [0.25, 0.3) is 0 Å². The van der Waals surface area contributed by atoms with Gasteiger partial charge in [0.1, 0.15) is 0 Å². The van der Waals surface area contributed by atoms with Gasteiger partial charge in [-0.25, -0.2) is 4.98 Å². The molecule has 0 aliphatic heterocycles. The molecule has 94 valence electrons. The van der Waals surface area contributed by atoms with Gasteiger partial charge in [-0.15, -0.1) is 0 Å². The molecule has 1 unspecified atom stereocenters. The number of amides is 1. The summed E-state index contributed by atoms with van der Waals surface area (Å²) in [6.45, 7) is 3.74. The first kappa shape index (κ1) is 13.4. The molecule has 1 aromatic rings. The van der Waals surface area contributed by atoms with Gasteiger partial charge < -0.3 is 10.3 Å². The highest BCUT2D eigenvalue weighted by Crippen LogP contribution is 2.02. The quantitative estimate of drug-likeness (QED) is 0.748. The molecule has 0 fully saturated rings. The largest absolute Gasteiger partial charge is 0.348 e. The molecule has 1 atom stereocenters. The first-order chi connectivity index (χ1) is 8.17. The topological polar surface area (TPSA) is 74.8 Å². The molecule has 0 aromatic carbocycles. The Bertz CT molecular complexity index is 360. The van der Waals surface area contributed by atoms with Gasteiger partial charge in [-0.3, -0.25) is 9.59 Å². The van der Waals surface area contributed by atoms with Crippen LogP contribution in [0.5, 0.6) is 0 Å². The lowest BCUT2D eigenvalue weighted by atomic mass is 10.0. The van der Waals surface area contributed by atoms with Crippen molar-refractivity contribution in [3.8, 4) is 0 Å². The highest BCUT2D eigenvalue weighted by molar-refractivity contribution is 5.89. The van der Waals surface area contributed by atoms with E-state index in [2.05, 4.69) is 15.3 Å². The average Bonchev–Trinajstić information content (AvgIpc) is 2.80. The van der Waals surface area contributed by atoms with E-state index < -0.39 is 6.04 Å². The van der Waals surface area contributed by atoms with Gasteiger partial charge >= 0.3 is 0 Å². The second-order valence-corrected chi connectivity index (χ2v) is 3.97. The number of H-pyrrole nitrogens is 1. The smallest absolute Gasteiger partial charge is 0.220 e.